The summed E-state index contributed by atoms with van der Waals surface area (Å²) >= 11 is 2.23. The minimum atomic E-state index is -0.0523. The zero-order valence-electron chi connectivity index (χ0n) is 8.83. The van der Waals surface area contributed by atoms with Crippen LogP contribution >= 0.6 is 22.6 Å². The van der Waals surface area contributed by atoms with Crippen LogP contribution in [0.2, 0.25) is 0 Å². The Kier molecular flexibility index (Phi) is 4.53. The summed E-state index contributed by atoms with van der Waals surface area (Å²) in [6, 6.07) is 5.61. The zero-order chi connectivity index (χ0) is 11.4. The van der Waals surface area contributed by atoms with Crippen molar-refractivity contribution in [1.82, 2.24) is 4.90 Å². The number of carbonyl (C=O) groups is 1. The third-order valence-electron chi connectivity index (χ3n) is 2.19. The van der Waals surface area contributed by atoms with E-state index in [0.717, 1.165) is 9.13 Å². The molecular formula is C11H14INO2. The molecule has 1 rings (SSSR count). The number of benzene rings is 1. The largest absolute Gasteiger partial charge is 0.395 e. The SMILES string of the molecule is Cc1cc(C(=O)N(C)CCO)ccc1I. The van der Waals surface area contributed by atoms with Crippen LogP contribution in [-0.2, 0) is 0 Å². The number of carbonyl (C=O) groups excluding carboxylic acids is 1. The van der Waals surface area contributed by atoms with Crippen LogP contribution in [0.5, 0.6) is 0 Å². The van der Waals surface area contributed by atoms with Crippen molar-refractivity contribution >= 4 is 28.5 Å². The van der Waals surface area contributed by atoms with Crippen molar-refractivity contribution in [2.45, 2.75) is 6.92 Å². The Morgan fingerprint density at radius 3 is 2.73 bits per heavy atom. The van der Waals surface area contributed by atoms with Crippen LogP contribution in [0, 0.1) is 10.5 Å². The summed E-state index contributed by atoms with van der Waals surface area (Å²) in [6.45, 7) is 2.33. The van der Waals surface area contributed by atoms with Gasteiger partial charge in [0.05, 0.1) is 6.61 Å². The summed E-state index contributed by atoms with van der Waals surface area (Å²) in [5.74, 6) is -0.0523. The number of halogens is 1. The van der Waals surface area contributed by atoms with Gasteiger partial charge in [-0.2, -0.15) is 0 Å². The number of likely N-dealkylation sites (N-methyl/N-ethyl adjacent to an activating group) is 1. The Morgan fingerprint density at radius 2 is 2.20 bits per heavy atom. The maximum atomic E-state index is 11.8. The number of nitrogens with zero attached hydrogens (tertiary/aromatic N) is 1. The molecule has 0 saturated carbocycles. The van der Waals surface area contributed by atoms with E-state index in [9.17, 15) is 4.79 Å². The lowest BCUT2D eigenvalue weighted by atomic mass is 10.1. The molecule has 0 saturated heterocycles. The van der Waals surface area contributed by atoms with Gasteiger partial charge in [-0.25, -0.2) is 0 Å². The number of amides is 1. The molecule has 0 heterocycles. The van der Waals surface area contributed by atoms with Crippen molar-refractivity contribution in [3.63, 3.8) is 0 Å². The van der Waals surface area contributed by atoms with Gasteiger partial charge in [-0.15, -0.1) is 0 Å². The molecule has 0 unspecified atom stereocenters. The Hall–Kier alpha value is -0.620. The fraction of sp³-hybridized carbons (Fsp3) is 0.364. The van der Waals surface area contributed by atoms with Crippen LogP contribution in [-0.4, -0.2) is 36.1 Å². The van der Waals surface area contributed by atoms with Gasteiger partial charge in [-0.1, -0.05) is 0 Å². The molecule has 0 atom stereocenters. The van der Waals surface area contributed by atoms with Gasteiger partial charge in [0.25, 0.3) is 5.91 Å². The first-order valence-corrected chi connectivity index (χ1v) is 5.76. The van der Waals surface area contributed by atoms with Crippen LogP contribution in [0.3, 0.4) is 0 Å². The van der Waals surface area contributed by atoms with Crippen molar-refractivity contribution in [2.24, 2.45) is 0 Å². The maximum Gasteiger partial charge on any atom is 0.253 e. The molecule has 0 aliphatic rings. The van der Waals surface area contributed by atoms with Crippen molar-refractivity contribution in [1.29, 1.82) is 0 Å². The lowest BCUT2D eigenvalue weighted by molar-refractivity contribution is 0.0767. The average Bonchev–Trinajstić information content (AvgIpc) is 2.21. The number of hydrogen-bond donors (Lipinski definition) is 1. The molecule has 82 valence electrons. The predicted octanol–water partition coefficient (Wildman–Crippen LogP) is 1.66. The fourth-order valence-electron chi connectivity index (χ4n) is 1.25. The van der Waals surface area contributed by atoms with Gasteiger partial charge in [0.1, 0.15) is 0 Å². The molecule has 0 aliphatic heterocycles. The highest BCUT2D eigenvalue weighted by Gasteiger charge is 2.11. The first-order chi connectivity index (χ1) is 7.06. The summed E-state index contributed by atoms with van der Waals surface area (Å²) in [4.78, 5) is 13.3. The van der Waals surface area contributed by atoms with Gasteiger partial charge in [0.15, 0.2) is 0 Å². The summed E-state index contributed by atoms with van der Waals surface area (Å²) in [7, 11) is 1.69. The third-order valence-corrected chi connectivity index (χ3v) is 3.40. The topological polar surface area (TPSA) is 40.5 Å². The van der Waals surface area contributed by atoms with E-state index >= 15 is 0 Å². The second kappa shape index (κ2) is 5.46. The highest BCUT2D eigenvalue weighted by molar-refractivity contribution is 14.1. The van der Waals surface area contributed by atoms with Crippen LogP contribution < -0.4 is 0 Å². The van der Waals surface area contributed by atoms with E-state index < -0.39 is 0 Å². The molecule has 1 aromatic carbocycles. The highest BCUT2D eigenvalue weighted by atomic mass is 127. The third kappa shape index (κ3) is 3.17. The second-order valence-electron chi connectivity index (χ2n) is 3.41. The van der Waals surface area contributed by atoms with Crippen molar-refractivity contribution < 1.29 is 9.90 Å². The van der Waals surface area contributed by atoms with Crippen molar-refractivity contribution in [3.8, 4) is 0 Å². The standard InChI is InChI=1S/C11H14INO2/c1-8-7-9(3-4-10(8)12)11(15)13(2)5-6-14/h3-4,7,14H,5-6H2,1-2H3. The summed E-state index contributed by atoms with van der Waals surface area (Å²) in [5.41, 5.74) is 1.77. The molecule has 1 amide bonds. The number of aryl methyl sites for hydroxylation is 1. The van der Waals surface area contributed by atoms with Gasteiger partial charge < -0.3 is 10.0 Å². The Labute approximate surface area is 103 Å². The molecule has 3 nitrogen and oxygen atoms in total. The number of hydrogen-bond acceptors (Lipinski definition) is 2. The van der Waals surface area contributed by atoms with E-state index in [1.54, 1.807) is 7.05 Å². The normalized spacial score (nSPS) is 10.1. The van der Waals surface area contributed by atoms with Crippen LogP contribution in [0.1, 0.15) is 15.9 Å². The molecule has 0 bridgehead atoms. The zero-order valence-corrected chi connectivity index (χ0v) is 11.0. The molecule has 15 heavy (non-hydrogen) atoms. The monoisotopic (exact) mass is 319 g/mol. The number of aliphatic hydroxyl groups excluding tert-OH is 1. The lowest BCUT2D eigenvalue weighted by Crippen LogP contribution is -2.29. The van der Waals surface area contributed by atoms with Gasteiger partial charge >= 0.3 is 0 Å². The van der Waals surface area contributed by atoms with Gasteiger partial charge in [-0.3, -0.25) is 4.79 Å². The quantitative estimate of drug-likeness (QED) is 0.861. The summed E-state index contributed by atoms with van der Waals surface area (Å²) < 4.78 is 1.15. The Morgan fingerprint density at radius 1 is 1.53 bits per heavy atom. The first kappa shape index (κ1) is 12.4. The molecule has 1 N–H and O–H groups in total. The van der Waals surface area contributed by atoms with Crippen molar-refractivity contribution in [3.05, 3.63) is 32.9 Å². The van der Waals surface area contributed by atoms with E-state index in [1.165, 1.54) is 4.90 Å². The summed E-state index contributed by atoms with van der Waals surface area (Å²) in [5, 5.41) is 8.74. The van der Waals surface area contributed by atoms with Crippen molar-refractivity contribution in [2.75, 3.05) is 20.2 Å². The smallest absolute Gasteiger partial charge is 0.253 e. The van der Waals surface area contributed by atoms with E-state index in [4.69, 9.17) is 5.11 Å². The van der Waals surface area contributed by atoms with Crippen LogP contribution in [0.4, 0.5) is 0 Å². The van der Waals surface area contributed by atoms with Gasteiger partial charge in [0, 0.05) is 22.7 Å². The fourth-order valence-corrected chi connectivity index (χ4v) is 1.59. The Bertz CT molecular complexity index is 366. The van der Waals surface area contributed by atoms with E-state index in [2.05, 4.69) is 22.6 Å². The van der Waals surface area contributed by atoms with Crippen LogP contribution in [0.15, 0.2) is 18.2 Å². The number of aliphatic hydroxyl groups is 1. The van der Waals surface area contributed by atoms with Gasteiger partial charge in [-0.05, 0) is 53.3 Å². The maximum absolute atomic E-state index is 11.8. The average molecular weight is 319 g/mol. The predicted molar refractivity (Wildman–Crippen MR) is 67.9 cm³/mol. The lowest BCUT2D eigenvalue weighted by Gasteiger charge is -2.16. The highest BCUT2D eigenvalue weighted by Crippen LogP contribution is 2.14. The minimum Gasteiger partial charge on any atom is -0.395 e. The number of rotatable bonds is 3. The molecule has 0 fully saturated rings. The summed E-state index contributed by atoms with van der Waals surface area (Å²) in [6.07, 6.45) is 0. The molecular weight excluding hydrogens is 305 g/mol. The van der Waals surface area contributed by atoms with E-state index in [-0.39, 0.29) is 12.5 Å². The molecule has 1 aromatic rings. The molecule has 0 aromatic heterocycles. The molecule has 0 aliphatic carbocycles. The second-order valence-corrected chi connectivity index (χ2v) is 4.58. The molecule has 0 radical (unpaired) electrons. The van der Waals surface area contributed by atoms with Crippen LogP contribution in [0.25, 0.3) is 0 Å². The Balaban J connectivity index is 2.87. The minimum absolute atomic E-state index is 0.00834. The van der Waals surface area contributed by atoms with E-state index in [0.29, 0.717) is 12.1 Å². The molecule has 0 spiro atoms. The molecule has 4 heteroatoms. The van der Waals surface area contributed by atoms with E-state index in [1.807, 2.05) is 25.1 Å². The first-order valence-electron chi connectivity index (χ1n) is 4.68. The van der Waals surface area contributed by atoms with Gasteiger partial charge in [0.2, 0.25) is 0 Å².